The SMILES string of the molecule is CC(C)(CCN)C1C2CC3CC(C2)CC1C3. The molecule has 4 saturated carbocycles. The Morgan fingerprint density at radius 3 is 1.88 bits per heavy atom. The summed E-state index contributed by atoms with van der Waals surface area (Å²) in [5.74, 6) is 5.30. The maximum absolute atomic E-state index is 5.81. The average Bonchev–Trinajstić information content (AvgIpc) is 2.14. The van der Waals surface area contributed by atoms with Gasteiger partial charge < -0.3 is 5.73 Å². The van der Waals surface area contributed by atoms with Gasteiger partial charge in [0.2, 0.25) is 0 Å². The largest absolute Gasteiger partial charge is 0.330 e. The zero-order chi connectivity index (χ0) is 11.3. The second-order valence-corrected chi connectivity index (χ2v) is 7.48. The lowest BCUT2D eigenvalue weighted by atomic mass is 9.47. The fraction of sp³-hybridized carbons (Fsp3) is 1.00. The molecule has 0 aliphatic heterocycles. The van der Waals surface area contributed by atoms with Gasteiger partial charge in [-0.25, -0.2) is 0 Å². The fourth-order valence-electron chi connectivity index (χ4n) is 5.74. The van der Waals surface area contributed by atoms with E-state index in [-0.39, 0.29) is 0 Å². The minimum atomic E-state index is 0.497. The van der Waals surface area contributed by atoms with E-state index in [9.17, 15) is 0 Å². The average molecular weight is 221 g/mol. The van der Waals surface area contributed by atoms with Crippen LogP contribution in [0.3, 0.4) is 0 Å². The molecule has 0 spiro atoms. The van der Waals surface area contributed by atoms with Gasteiger partial charge in [-0.15, -0.1) is 0 Å². The summed E-state index contributed by atoms with van der Waals surface area (Å²) in [6.07, 6.45) is 8.98. The summed E-state index contributed by atoms with van der Waals surface area (Å²) < 4.78 is 0. The van der Waals surface area contributed by atoms with E-state index >= 15 is 0 Å². The maximum Gasteiger partial charge on any atom is -0.00721 e. The molecule has 4 bridgehead atoms. The highest BCUT2D eigenvalue weighted by atomic mass is 14.6. The number of nitrogens with two attached hydrogens (primary N) is 1. The summed E-state index contributed by atoms with van der Waals surface area (Å²) in [5, 5.41) is 0. The molecule has 0 radical (unpaired) electrons. The van der Waals surface area contributed by atoms with E-state index in [2.05, 4.69) is 13.8 Å². The molecule has 0 unspecified atom stereocenters. The molecule has 0 aromatic rings. The highest BCUT2D eigenvalue weighted by Gasteiger charge is 2.52. The Hall–Kier alpha value is -0.0400. The zero-order valence-electron chi connectivity index (χ0n) is 10.9. The van der Waals surface area contributed by atoms with Crippen molar-refractivity contribution in [2.45, 2.75) is 52.4 Å². The fourth-order valence-corrected chi connectivity index (χ4v) is 5.74. The van der Waals surface area contributed by atoms with Crippen LogP contribution in [0, 0.1) is 35.0 Å². The van der Waals surface area contributed by atoms with Gasteiger partial charge in [0, 0.05) is 0 Å². The summed E-state index contributed by atoms with van der Waals surface area (Å²) in [4.78, 5) is 0. The first kappa shape index (κ1) is 11.1. The molecule has 1 nitrogen and oxygen atoms in total. The molecule has 4 fully saturated rings. The van der Waals surface area contributed by atoms with Crippen molar-refractivity contribution < 1.29 is 0 Å². The van der Waals surface area contributed by atoms with Crippen LogP contribution in [0.25, 0.3) is 0 Å². The number of hydrogen-bond acceptors (Lipinski definition) is 1. The molecule has 0 aromatic carbocycles. The van der Waals surface area contributed by atoms with E-state index in [1.165, 1.54) is 6.42 Å². The molecular formula is C15H27N. The Bertz CT molecular complexity index is 241. The van der Waals surface area contributed by atoms with Crippen molar-refractivity contribution in [3.8, 4) is 0 Å². The van der Waals surface area contributed by atoms with Gasteiger partial charge in [-0.2, -0.15) is 0 Å². The van der Waals surface area contributed by atoms with Gasteiger partial charge in [0.1, 0.15) is 0 Å². The standard InChI is InChI=1S/C15H27N/c1-15(2,3-4-16)14-12-6-10-5-11(8-12)9-13(14)7-10/h10-14H,3-9,16H2,1-2H3. The van der Waals surface area contributed by atoms with Crippen LogP contribution in [0.2, 0.25) is 0 Å². The second-order valence-electron chi connectivity index (χ2n) is 7.48. The first-order chi connectivity index (χ1) is 7.60. The topological polar surface area (TPSA) is 26.0 Å². The highest BCUT2D eigenvalue weighted by molar-refractivity contribution is 5.02. The van der Waals surface area contributed by atoms with Crippen LogP contribution in [0.4, 0.5) is 0 Å². The van der Waals surface area contributed by atoms with Gasteiger partial charge in [-0.3, -0.25) is 0 Å². The third-order valence-electron chi connectivity index (χ3n) is 5.92. The monoisotopic (exact) mass is 221 g/mol. The molecule has 0 heterocycles. The quantitative estimate of drug-likeness (QED) is 0.776. The minimum Gasteiger partial charge on any atom is -0.330 e. The van der Waals surface area contributed by atoms with Crippen molar-refractivity contribution in [1.82, 2.24) is 0 Å². The molecule has 4 rings (SSSR count). The molecular weight excluding hydrogens is 194 g/mol. The predicted molar refractivity (Wildman–Crippen MR) is 68.0 cm³/mol. The van der Waals surface area contributed by atoms with E-state index in [0.29, 0.717) is 5.41 Å². The Labute approximate surface area is 100 Å². The van der Waals surface area contributed by atoms with Crippen molar-refractivity contribution in [1.29, 1.82) is 0 Å². The first-order valence-corrected chi connectivity index (χ1v) is 7.30. The second kappa shape index (κ2) is 3.73. The van der Waals surface area contributed by atoms with Crippen LogP contribution in [0.15, 0.2) is 0 Å². The Kier molecular flexibility index (Phi) is 2.58. The van der Waals surface area contributed by atoms with Gasteiger partial charge in [0.05, 0.1) is 0 Å². The third kappa shape index (κ3) is 1.63. The van der Waals surface area contributed by atoms with Crippen molar-refractivity contribution >= 4 is 0 Å². The lowest BCUT2D eigenvalue weighted by molar-refractivity contribution is -0.0879. The molecule has 0 amide bonds. The van der Waals surface area contributed by atoms with Gasteiger partial charge in [-0.05, 0) is 80.1 Å². The van der Waals surface area contributed by atoms with E-state index in [1.807, 2.05) is 0 Å². The zero-order valence-corrected chi connectivity index (χ0v) is 10.9. The van der Waals surface area contributed by atoms with Crippen molar-refractivity contribution in [3.63, 3.8) is 0 Å². The number of hydrogen-bond donors (Lipinski definition) is 1. The molecule has 1 heteroatoms. The molecule has 16 heavy (non-hydrogen) atoms. The lowest BCUT2D eigenvalue weighted by Gasteiger charge is -2.59. The molecule has 92 valence electrons. The van der Waals surface area contributed by atoms with Crippen LogP contribution in [-0.2, 0) is 0 Å². The van der Waals surface area contributed by atoms with E-state index in [0.717, 1.165) is 36.1 Å². The van der Waals surface area contributed by atoms with Crippen molar-refractivity contribution in [2.24, 2.45) is 40.7 Å². The first-order valence-electron chi connectivity index (χ1n) is 7.30. The van der Waals surface area contributed by atoms with E-state index in [4.69, 9.17) is 5.73 Å². The number of rotatable bonds is 3. The molecule has 4 aliphatic carbocycles. The molecule has 0 saturated heterocycles. The van der Waals surface area contributed by atoms with Crippen molar-refractivity contribution in [2.75, 3.05) is 6.54 Å². The van der Waals surface area contributed by atoms with E-state index in [1.54, 1.807) is 32.1 Å². The highest BCUT2D eigenvalue weighted by Crippen LogP contribution is 2.61. The molecule has 4 aliphatic rings. The Balaban J connectivity index is 1.81. The summed E-state index contributed by atoms with van der Waals surface area (Å²) in [7, 11) is 0. The molecule has 0 aromatic heterocycles. The summed E-state index contributed by atoms with van der Waals surface area (Å²) in [5.41, 5.74) is 6.31. The van der Waals surface area contributed by atoms with Crippen LogP contribution in [0.5, 0.6) is 0 Å². The van der Waals surface area contributed by atoms with Gasteiger partial charge in [0.25, 0.3) is 0 Å². The predicted octanol–water partition coefficient (Wildman–Crippen LogP) is 3.43. The van der Waals surface area contributed by atoms with Crippen LogP contribution < -0.4 is 5.73 Å². The van der Waals surface area contributed by atoms with Gasteiger partial charge >= 0.3 is 0 Å². The summed E-state index contributed by atoms with van der Waals surface area (Å²) in [6, 6.07) is 0. The van der Waals surface area contributed by atoms with Gasteiger partial charge in [0.15, 0.2) is 0 Å². The summed E-state index contributed by atoms with van der Waals surface area (Å²) >= 11 is 0. The lowest BCUT2D eigenvalue weighted by Crippen LogP contribution is -2.50. The van der Waals surface area contributed by atoms with E-state index < -0.39 is 0 Å². The normalized spacial score (nSPS) is 46.3. The van der Waals surface area contributed by atoms with Crippen molar-refractivity contribution in [3.05, 3.63) is 0 Å². The third-order valence-corrected chi connectivity index (χ3v) is 5.92. The van der Waals surface area contributed by atoms with Crippen LogP contribution >= 0.6 is 0 Å². The Morgan fingerprint density at radius 2 is 1.44 bits per heavy atom. The maximum atomic E-state index is 5.81. The smallest absolute Gasteiger partial charge is 0.00721 e. The molecule has 0 atom stereocenters. The van der Waals surface area contributed by atoms with Gasteiger partial charge in [-0.1, -0.05) is 13.8 Å². The minimum absolute atomic E-state index is 0.497. The van der Waals surface area contributed by atoms with Crippen LogP contribution in [-0.4, -0.2) is 6.54 Å². The van der Waals surface area contributed by atoms with Crippen LogP contribution in [0.1, 0.15) is 52.4 Å². The Morgan fingerprint density at radius 1 is 0.938 bits per heavy atom. The summed E-state index contributed by atoms with van der Waals surface area (Å²) in [6.45, 7) is 5.83. The molecule has 2 N–H and O–H groups in total.